The fourth-order valence-electron chi connectivity index (χ4n) is 3.23. The second-order valence-corrected chi connectivity index (χ2v) is 7.79. The van der Waals surface area contributed by atoms with E-state index in [4.69, 9.17) is 4.74 Å². The number of hydrogen-bond acceptors (Lipinski definition) is 5. The molecular weight excluding hydrogens is 346 g/mol. The Hall–Kier alpha value is -1.95. The predicted molar refractivity (Wildman–Crippen MR) is 105 cm³/mol. The molecular formula is C20H27N3O2S. The monoisotopic (exact) mass is 373 g/mol. The molecule has 3 rings (SSSR count). The van der Waals surface area contributed by atoms with E-state index >= 15 is 0 Å². The van der Waals surface area contributed by atoms with E-state index in [1.54, 1.807) is 0 Å². The number of benzene rings is 1. The Morgan fingerprint density at radius 2 is 1.96 bits per heavy atom. The van der Waals surface area contributed by atoms with Crippen LogP contribution in [0, 0.1) is 0 Å². The third-order valence-corrected chi connectivity index (χ3v) is 5.79. The number of carbonyl (C=O) groups is 1. The summed E-state index contributed by atoms with van der Waals surface area (Å²) in [6, 6.07) is 8.10. The lowest BCUT2D eigenvalue weighted by Gasteiger charge is -2.18. The molecule has 1 aliphatic carbocycles. The van der Waals surface area contributed by atoms with Gasteiger partial charge in [0.1, 0.15) is 10.8 Å². The van der Waals surface area contributed by atoms with Crippen LogP contribution in [0.25, 0.3) is 0 Å². The van der Waals surface area contributed by atoms with E-state index in [1.807, 2.05) is 12.1 Å². The first-order valence-electron chi connectivity index (χ1n) is 9.59. The fraction of sp³-hybridized carbons (Fsp3) is 0.550. The van der Waals surface area contributed by atoms with Gasteiger partial charge < -0.3 is 10.1 Å². The molecule has 6 heteroatoms. The molecule has 1 saturated carbocycles. The van der Waals surface area contributed by atoms with Crippen LogP contribution >= 0.6 is 11.3 Å². The predicted octanol–water partition coefficient (Wildman–Crippen LogP) is 4.95. The molecule has 1 fully saturated rings. The van der Waals surface area contributed by atoms with Crippen LogP contribution in [0.3, 0.4) is 0 Å². The van der Waals surface area contributed by atoms with E-state index in [2.05, 4.69) is 34.6 Å². The Balaban J connectivity index is 1.36. The summed E-state index contributed by atoms with van der Waals surface area (Å²) < 4.78 is 5.68. The summed E-state index contributed by atoms with van der Waals surface area (Å²) >= 11 is 1.52. The summed E-state index contributed by atoms with van der Waals surface area (Å²) in [6.45, 7) is 2.66. The highest BCUT2D eigenvalue weighted by Crippen LogP contribution is 2.35. The van der Waals surface area contributed by atoms with E-state index < -0.39 is 0 Å². The van der Waals surface area contributed by atoms with Crippen LogP contribution in [0.2, 0.25) is 0 Å². The number of rotatable bonds is 8. The number of ether oxygens (including phenoxy) is 1. The topological polar surface area (TPSA) is 64.1 Å². The molecule has 0 spiro atoms. The third kappa shape index (κ3) is 5.53. The van der Waals surface area contributed by atoms with Crippen molar-refractivity contribution in [3.63, 3.8) is 0 Å². The van der Waals surface area contributed by atoms with Gasteiger partial charge in [-0.2, -0.15) is 0 Å². The maximum atomic E-state index is 12.1. The molecule has 1 N–H and O–H groups in total. The van der Waals surface area contributed by atoms with E-state index in [-0.39, 0.29) is 5.91 Å². The number of nitrogens with zero attached hydrogens (tertiary/aromatic N) is 2. The SMILES string of the molecule is CCc1ccc(OCCCC(=O)Nc2nnc(C3CCCCC3)s2)cc1. The summed E-state index contributed by atoms with van der Waals surface area (Å²) in [5.41, 5.74) is 1.29. The van der Waals surface area contributed by atoms with E-state index in [1.165, 1.54) is 49.0 Å². The first-order chi connectivity index (χ1) is 12.7. The highest BCUT2D eigenvalue weighted by molar-refractivity contribution is 7.15. The summed E-state index contributed by atoms with van der Waals surface area (Å²) in [5, 5.41) is 13.0. The van der Waals surface area contributed by atoms with Gasteiger partial charge in [0, 0.05) is 12.3 Å². The zero-order valence-corrected chi connectivity index (χ0v) is 16.2. The Bertz CT molecular complexity index is 693. The third-order valence-electron chi connectivity index (χ3n) is 4.79. The van der Waals surface area contributed by atoms with Crippen molar-refractivity contribution in [3.05, 3.63) is 34.8 Å². The van der Waals surface area contributed by atoms with Crippen LogP contribution in [0.15, 0.2) is 24.3 Å². The van der Waals surface area contributed by atoms with Gasteiger partial charge in [0.2, 0.25) is 11.0 Å². The summed E-state index contributed by atoms with van der Waals surface area (Å²) in [7, 11) is 0. The first kappa shape index (κ1) is 18.8. The van der Waals surface area contributed by atoms with Crippen LogP contribution < -0.4 is 10.1 Å². The van der Waals surface area contributed by atoms with Gasteiger partial charge in [0.25, 0.3) is 0 Å². The van der Waals surface area contributed by atoms with Crippen molar-refractivity contribution in [1.29, 1.82) is 0 Å². The zero-order chi connectivity index (χ0) is 18.2. The fourth-order valence-corrected chi connectivity index (χ4v) is 4.15. The van der Waals surface area contributed by atoms with Gasteiger partial charge in [-0.15, -0.1) is 10.2 Å². The first-order valence-corrected chi connectivity index (χ1v) is 10.4. The average molecular weight is 374 g/mol. The van der Waals surface area contributed by atoms with Crippen LogP contribution in [0.5, 0.6) is 5.75 Å². The van der Waals surface area contributed by atoms with Crippen molar-refractivity contribution in [3.8, 4) is 5.75 Å². The van der Waals surface area contributed by atoms with Gasteiger partial charge in [0.15, 0.2) is 0 Å². The standard InChI is InChI=1S/C20H27N3O2S/c1-2-15-10-12-17(13-11-15)25-14-6-9-18(24)21-20-23-22-19(26-20)16-7-4-3-5-8-16/h10-13,16H,2-9,14H2,1H3,(H,21,23,24). The second kappa shape index (κ2) is 9.67. The maximum absolute atomic E-state index is 12.1. The molecule has 1 aliphatic rings. The van der Waals surface area contributed by atoms with Gasteiger partial charge in [0.05, 0.1) is 6.61 Å². The maximum Gasteiger partial charge on any atom is 0.226 e. The van der Waals surface area contributed by atoms with Gasteiger partial charge in [-0.1, -0.05) is 49.7 Å². The summed E-state index contributed by atoms with van der Waals surface area (Å²) in [5.74, 6) is 1.35. The molecule has 26 heavy (non-hydrogen) atoms. The second-order valence-electron chi connectivity index (χ2n) is 6.78. The van der Waals surface area contributed by atoms with Crippen molar-refractivity contribution in [1.82, 2.24) is 10.2 Å². The molecule has 5 nitrogen and oxygen atoms in total. The molecule has 0 unspecified atom stereocenters. The number of anilines is 1. The Kier molecular flexibility index (Phi) is 7.00. The van der Waals surface area contributed by atoms with Crippen molar-refractivity contribution in [2.45, 2.75) is 64.2 Å². The minimum absolute atomic E-state index is 0.0266. The largest absolute Gasteiger partial charge is 0.494 e. The van der Waals surface area contributed by atoms with Crippen molar-refractivity contribution in [2.24, 2.45) is 0 Å². The van der Waals surface area contributed by atoms with Crippen LogP contribution in [-0.2, 0) is 11.2 Å². The number of aryl methyl sites for hydroxylation is 1. The Morgan fingerprint density at radius 1 is 1.19 bits per heavy atom. The minimum Gasteiger partial charge on any atom is -0.494 e. The van der Waals surface area contributed by atoms with Crippen LogP contribution in [0.4, 0.5) is 5.13 Å². The van der Waals surface area contributed by atoms with Gasteiger partial charge >= 0.3 is 0 Å². The molecule has 0 bridgehead atoms. The lowest BCUT2D eigenvalue weighted by atomic mass is 9.90. The zero-order valence-electron chi connectivity index (χ0n) is 15.4. The molecule has 0 atom stereocenters. The number of nitrogens with one attached hydrogen (secondary N) is 1. The molecule has 0 saturated heterocycles. The smallest absolute Gasteiger partial charge is 0.226 e. The Labute approximate surface area is 159 Å². The quantitative estimate of drug-likeness (QED) is 0.665. The van der Waals surface area contributed by atoms with E-state index in [0.29, 0.717) is 30.5 Å². The highest BCUT2D eigenvalue weighted by atomic mass is 32.1. The van der Waals surface area contributed by atoms with Crippen molar-refractivity contribution < 1.29 is 9.53 Å². The van der Waals surface area contributed by atoms with Gasteiger partial charge in [-0.05, 0) is 43.4 Å². The average Bonchev–Trinajstić information content (AvgIpc) is 3.15. The molecule has 140 valence electrons. The summed E-state index contributed by atoms with van der Waals surface area (Å²) in [4.78, 5) is 12.1. The molecule has 0 aliphatic heterocycles. The van der Waals surface area contributed by atoms with Crippen molar-refractivity contribution in [2.75, 3.05) is 11.9 Å². The van der Waals surface area contributed by atoms with E-state index in [0.717, 1.165) is 17.2 Å². The molecule has 1 heterocycles. The minimum atomic E-state index is -0.0266. The number of amides is 1. The normalized spacial score (nSPS) is 15.0. The van der Waals surface area contributed by atoms with E-state index in [9.17, 15) is 4.79 Å². The van der Waals surface area contributed by atoms with Gasteiger partial charge in [-0.25, -0.2) is 0 Å². The highest BCUT2D eigenvalue weighted by Gasteiger charge is 2.20. The number of hydrogen-bond donors (Lipinski definition) is 1. The Morgan fingerprint density at radius 3 is 2.69 bits per heavy atom. The van der Waals surface area contributed by atoms with Gasteiger partial charge in [-0.3, -0.25) is 4.79 Å². The molecule has 0 radical (unpaired) electrons. The summed E-state index contributed by atoms with van der Waals surface area (Å²) in [6.07, 6.45) is 8.37. The molecule has 1 amide bonds. The lowest BCUT2D eigenvalue weighted by Crippen LogP contribution is -2.12. The molecule has 1 aromatic carbocycles. The van der Waals surface area contributed by atoms with Crippen LogP contribution in [-0.4, -0.2) is 22.7 Å². The lowest BCUT2D eigenvalue weighted by molar-refractivity contribution is -0.116. The number of carbonyl (C=O) groups excluding carboxylic acids is 1. The van der Waals surface area contributed by atoms with Crippen LogP contribution in [0.1, 0.15) is 68.4 Å². The number of aromatic nitrogens is 2. The van der Waals surface area contributed by atoms with Crippen molar-refractivity contribution >= 4 is 22.4 Å². The molecule has 1 aromatic heterocycles. The molecule has 2 aromatic rings.